The highest BCUT2D eigenvalue weighted by atomic mass is 16.2. The van der Waals surface area contributed by atoms with Crippen LogP contribution in [-0.4, -0.2) is 23.7 Å². The molecule has 0 bridgehead atoms. The molecular formula is C23H29N3O. The smallest absolute Gasteiger partial charge is 0.258 e. The van der Waals surface area contributed by atoms with Crippen LogP contribution in [0.2, 0.25) is 0 Å². The van der Waals surface area contributed by atoms with Gasteiger partial charge in [-0.1, -0.05) is 25.5 Å². The van der Waals surface area contributed by atoms with Crippen molar-refractivity contribution in [2.24, 2.45) is 5.92 Å². The van der Waals surface area contributed by atoms with Crippen molar-refractivity contribution < 1.29 is 4.79 Å². The number of benzene rings is 1. The second-order valence-electron chi connectivity index (χ2n) is 7.44. The number of nitrogens with one attached hydrogen (secondary N) is 1. The largest absolute Gasteiger partial charge is 0.310 e. The van der Waals surface area contributed by atoms with Crippen molar-refractivity contribution in [2.45, 2.75) is 40.5 Å². The van der Waals surface area contributed by atoms with Crippen LogP contribution in [0.3, 0.4) is 0 Å². The molecule has 1 amide bonds. The molecule has 27 heavy (non-hydrogen) atoms. The van der Waals surface area contributed by atoms with Crippen molar-refractivity contribution >= 4 is 17.3 Å². The van der Waals surface area contributed by atoms with E-state index in [0.29, 0.717) is 17.2 Å². The average molecular weight is 364 g/mol. The Labute approximate surface area is 162 Å². The highest BCUT2D eigenvalue weighted by molar-refractivity contribution is 6.11. The van der Waals surface area contributed by atoms with E-state index >= 15 is 0 Å². The quantitative estimate of drug-likeness (QED) is 0.668. The Hall–Kier alpha value is -2.75. The maximum Gasteiger partial charge on any atom is 0.258 e. The molecular weight excluding hydrogens is 334 g/mol. The van der Waals surface area contributed by atoms with E-state index in [1.807, 2.05) is 37.3 Å². The number of pyridine rings is 1. The molecule has 0 aliphatic carbocycles. The summed E-state index contributed by atoms with van der Waals surface area (Å²) in [4.78, 5) is 18.5. The molecule has 0 saturated heterocycles. The van der Waals surface area contributed by atoms with Gasteiger partial charge in [-0.15, -0.1) is 0 Å². The Morgan fingerprint density at radius 2 is 2.04 bits per heavy atom. The number of aryl methyl sites for hydroxylation is 1. The van der Waals surface area contributed by atoms with E-state index in [2.05, 4.69) is 25.8 Å². The van der Waals surface area contributed by atoms with Crippen LogP contribution in [0.1, 0.15) is 55.1 Å². The maximum absolute atomic E-state index is 12.8. The Balaban J connectivity index is 2.24. The third-order valence-electron chi connectivity index (χ3n) is 4.62. The fraction of sp³-hybridized carbons (Fsp3) is 0.348. The number of carbonyl (C=O) groups excluding carboxylic acids is 1. The van der Waals surface area contributed by atoms with Gasteiger partial charge < -0.3 is 10.3 Å². The van der Waals surface area contributed by atoms with E-state index in [1.54, 1.807) is 30.4 Å². The molecule has 4 heteroatoms. The topological polar surface area (TPSA) is 57.1 Å². The zero-order valence-corrected chi connectivity index (χ0v) is 16.9. The van der Waals surface area contributed by atoms with Crippen molar-refractivity contribution in [3.05, 3.63) is 71.1 Å². The van der Waals surface area contributed by atoms with Crippen LogP contribution in [0.15, 0.2) is 54.4 Å². The zero-order chi connectivity index (χ0) is 20.0. The summed E-state index contributed by atoms with van der Waals surface area (Å²) in [7, 11) is 1.74. The zero-order valence-electron chi connectivity index (χ0n) is 16.9. The lowest BCUT2D eigenvalue weighted by Crippen LogP contribution is -2.26. The molecule has 0 unspecified atom stereocenters. The van der Waals surface area contributed by atoms with E-state index in [1.165, 1.54) is 5.57 Å². The van der Waals surface area contributed by atoms with E-state index in [-0.39, 0.29) is 5.91 Å². The lowest BCUT2D eigenvalue weighted by Gasteiger charge is -2.18. The van der Waals surface area contributed by atoms with Gasteiger partial charge in [-0.3, -0.25) is 9.78 Å². The van der Waals surface area contributed by atoms with Crippen LogP contribution in [0.25, 0.3) is 0 Å². The molecule has 0 saturated carbocycles. The Morgan fingerprint density at radius 3 is 2.67 bits per heavy atom. The maximum atomic E-state index is 12.8. The highest BCUT2D eigenvalue weighted by Crippen LogP contribution is 2.19. The fourth-order valence-electron chi connectivity index (χ4n) is 2.82. The third kappa shape index (κ3) is 5.61. The predicted molar refractivity (Wildman–Crippen MR) is 113 cm³/mol. The summed E-state index contributed by atoms with van der Waals surface area (Å²) in [5.74, 6) is 0.533. The van der Waals surface area contributed by atoms with Gasteiger partial charge in [0, 0.05) is 24.4 Å². The van der Waals surface area contributed by atoms with Gasteiger partial charge in [-0.05, 0) is 68.5 Å². The molecule has 0 fully saturated rings. The first-order valence-electron chi connectivity index (χ1n) is 9.34. The molecule has 1 N–H and O–H groups in total. The lowest BCUT2D eigenvalue weighted by molar-refractivity contribution is 0.0993. The second kappa shape index (κ2) is 9.26. The van der Waals surface area contributed by atoms with Gasteiger partial charge >= 0.3 is 0 Å². The molecule has 0 aliphatic rings. The molecule has 0 aliphatic heterocycles. The van der Waals surface area contributed by atoms with Crippen LogP contribution in [0.4, 0.5) is 5.69 Å². The van der Waals surface area contributed by atoms with Crippen molar-refractivity contribution in [2.75, 3.05) is 11.9 Å². The van der Waals surface area contributed by atoms with Gasteiger partial charge in [0.25, 0.3) is 5.91 Å². The van der Waals surface area contributed by atoms with Crippen LogP contribution < -0.4 is 4.90 Å². The number of anilines is 1. The van der Waals surface area contributed by atoms with Crippen LogP contribution in [0, 0.1) is 18.3 Å². The minimum absolute atomic E-state index is 0.113. The van der Waals surface area contributed by atoms with Crippen molar-refractivity contribution in [3.8, 4) is 0 Å². The first kappa shape index (κ1) is 20.6. The summed E-state index contributed by atoms with van der Waals surface area (Å²) >= 11 is 0. The fourth-order valence-corrected chi connectivity index (χ4v) is 2.82. The van der Waals surface area contributed by atoms with Crippen molar-refractivity contribution in [1.82, 2.24) is 4.98 Å². The molecule has 142 valence electrons. The number of amides is 1. The van der Waals surface area contributed by atoms with Crippen LogP contribution in [0.5, 0.6) is 0 Å². The molecule has 0 radical (unpaired) electrons. The van der Waals surface area contributed by atoms with E-state index in [4.69, 9.17) is 5.41 Å². The van der Waals surface area contributed by atoms with Crippen LogP contribution >= 0.6 is 0 Å². The average Bonchev–Trinajstić information content (AvgIpc) is 2.66. The first-order valence-corrected chi connectivity index (χ1v) is 9.34. The molecule has 2 aromatic rings. The van der Waals surface area contributed by atoms with Crippen LogP contribution in [-0.2, 0) is 0 Å². The number of allylic oxidation sites excluding steroid dienone is 2. The standard InChI is InChI=1S/C23H29N3O/c1-16(2)8-9-17(3)13-22(24)21-14-19(11-10-18(21)4)23(27)26(5)20-7-6-12-25-15-20/h6-7,10-16,24H,8-9H2,1-5H3/b17-13+,24-22?. The number of nitrogens with zero attached hydrogens (tertiary/aromatic N) is 2. The first-order chi connectivity index (χ1) is 12.8. The Bertz CT molecular complexity index is 838. The van der Waals surface area contributed by atoms with Gasteiger partial charge in [0.15, 0.2) is 0 Å². The summed E-state index contributed by atoms with van der Waals surface area (Å²) in [6.45, 7) is 8.45. The molecule has 1 aromatic heterocycles. The lowest BCUT2D eigenvalue weighted by atomic mass is 9.97. The second-order valence-corrected chi connectivity index (χ2v) is 7.44. The SMILES string of the molecule is C/C(=C\C(=N)c1cc(C(=O)N(C)c2cccnc2)ccc1C)CCC(C)C. The molecule has 1 heterocycles. The molecule has 1 aromatic carbocycles. The molecule has 0 spiro atoms. The predicted octanol–water partition coefficient (Wildman–Crippen LogP) is 5.42. The minimum Gasteiger partial charge on any atom is -0.310 e. The number of carbonyl (C=O) groups is 1. The normalized spacial score (nSPS) is 11.6. The minimum atomic E-state index is -0.113. The van der Waals surface area contributed by atoms with E-state index in [9.17, 15) is 4.79 Å². The van der Waals surface area contributed by atoms with Crippen molar-refractivity contribution in [3.63, 3.8) is 0 Å². The van der Waals surface area contributed by atoms with Crippen molar-refractivity contribution in [1.29, 1.82) is 5.41 Å². The highest BCUT2D eigenvalue weighted by Gasteiger charge is 2.15. The third-order valence-corrected chi connectivity index (χ3v) is 4.62. The summed E-state index contributed by atoms with van der Waals surface area (Å²) in [5, 5.41) is 8.48. The van der Waals surface area contributed by atoms with Gasteiger partial charge in [0.05, 0.1) is 17.6 Å². The number of hydrogen-bond acceptors (Lipinski definition) is 3. The van der Waals surface area contributed by atoms with Gasteiger partial charge in [-0.2, -0.15) is 0 Å². The summed E-state index contributed by atoms with van der Waals surface area (Å²) in [5.41, 5.74) is 4.74. The number of aromatic nitrogens is 1. The van der Waals surface area contributed by atoms with E-state index in [0.717, 1.165) is 29.7 Å². The molecule has 2 rings (SSSR count). The van der Waals surface area contributed by atoms with Gasteiger partial charge in [-0.25, -0.2) is 0 Å². The van der Waals surface area contributed by atoms with Gasteiger partial charge in [0.2, 0.25) is 0 Å². The number of rotatable bonds is 7. The molecule has 0 atom stereocenters. The Kier molecular flexibility index (Phi) is 7.05. The Morgan fingerprint density at radius 1 is 1.30 bits per heavy atom. The number of hydrogen-bond donors (Lipinski definition) is 1. The van der Waals surface area contributed by atoms with Gasteiger partial charge in [0.1, 0.15) is 0 Å². The monoisotopic (exact) mass is 363 g/mol. The summed E-state index contributed by atoms with van der Waals surface area (Å²) in [6.07, 6.45) is 7.37. The molecule has 4 nitrogen and oxygen atoms in total. The summed E-state index contributed by atoms with van der Waals surface area (Å²) in [6, 6.07) is 9.20. The van der Waals surface area contributed by atoms with E-state index < -0.39 is 0 Å². The summed E-state index contributed by atoms with van der Waals surface area (Å²) < 4.78 is 0.